The molecular weight excluding hydrogens is 1580 g/mol. The number of hydrogen-bond donors (Lipinski definition) is 19. The van der Waals surface area contributed by atoms with Crippen LogP contribution in [0.25, 0.3) is 0 Å². The van der Waals surface area contributed by atoms with Crippen LogP contribution in [0.5, 0.6) is 0 Å². The highest BCUT2D eigenvalue weighted by atomic mass is 16.5. The van der Waals surface area contributed by atoms with E-state index in [9.17, 15) is 57.5 Å². The van der Waals surface area contributed by atoms with Crippen LogP contribution < -0.4 is 95.8 Å². The largest absolute Gasteiger partial charge is 0.481 e. The lowest BCUT2D eigenvalue weighted by atomic mass is 10.1. The quantitative estimate of drug-likeness (QED) is 0.0133. The molecule has 0 aliphatic carbocycles. The van der Waals surface area contributed by atoms with Gasteiger partial charge in [0.1, 0.15) is 24.2 Å². The van der Waals surface area contributed by atoms with E-state index in [1.165, 1.54) is 42.4 Å². The first-order valence-electron chi connectivity index (χ1n) is 39.4. The average Bonchev–Trinajstić information content (AvgIpc) is 1.63. The van der Waals surface area contributed by atoms with Crippen LogP contribution in [0.1, 0.15) is 271 Å². The number of ketones is 4. The number of carboxylic acid groups (broad SMARTS) is 2. The first kappa shape index (κ1) is 98.4. The molecule has 10 amide bonds. The lowest BCUT2D eigenvalue weighted by Crippen LogP contribution is -2.46. The highest BCUT2D eigenvalue weighted by molar-refractivity contribution is 5.90. The van der Waals surface area contributed by atoms with E-state index in [0.29, 0.717) is 135 Å². The van der Waals surface area contributed by atoms with E-state index >= 15 is 0 Å². The van der Waals surface area contributed by atoms with Crippen molar-refractivity contribution in [3.05, 3.63) is 46.9 Å². The molecule has 0 bridgehead atoms. The van der Waals surface area contributed by atoms with E-state index < -0.39 is 108 Å². The van der Waals surface area contributed by atoms with Crippen LogP contribution in [0, 0.1) is 0 Å². The first-order chi connectivity index (χ1) is 56.9. The fraction of sp³-hybridized carbons (Fsp3) is 0.671. The Morgan fingerprint density at radius 1 is 0.383 bits per heavy atom. The molecule has 4 fully saturated rings. The number of guanidine groups is 3. The van der Waals surface area contributed by atoms with E-state index in [4.69, 9.17) is 103 Å². The minimum Gasteiger partial charge on any atom is -0.481 e. The SMILES string of the molecule is CC(=O)C1CCCN1C(=O)N[C@@H](CCC(=O)O)c1nc([C@@H](N)CCC(N)=O)no1.CC(=O)C1CCCN1C(=O)N[C@@H](CCCN=C(N)N)c1nc([C@@H](N)CC(=O)O)no1.CC(=O)C1CCCN1C(=O)N[C@@H](CCCN=C(N)N)c1nc([C@@H](N)CC(N)=O)no1.CC(=O)C1CCCN1C(=O)N[C@@H](CCCN=C(N)N)c1nc([C@@H](N)CCCCN)no1. The molecule has 0 saturated carbocycles. The molecule has 12 atom stereocenters. The van der Waals surface area contributed by atoms with Gasteiger partial charge < -0.3 is 144 Å². The van der Waals surface area contributed by atoms with Crippen LogP contribution in [0.2, 0.25) is 0 Å². The number of aliphatic imine (C=N–C) groups is 3. The number of rotatable bonds is 42. The molecule has 4 aromatic rings. The van der Waals surface area contributed by atoms with Crippen molar-refractivity contribution in [1.29, 1.82) is 0 Å². The van der Waals surface area contributed by atoms with Gasteiger partial charge in [-0.3, -0.25) is 53.3 Å². The van der Waals surface area contributed by atoms with Gasteiger partial charge in [-0.2, -0.15) is 19.9 Å². The Balaban J connectivity index is 0.000000285. The summed E-state index contributed by atoms with van der Waals surface area (Å²) in [5.74, 6) is -2.49. The molecule has 4 unspecified atom stereocenters. The predicted molar refractivity (Wildman–Crippen MR) is 426 cm³/mol. The summed E-state index contributed by atoms with van der Waals surface area (Å²) in [7, 11) is 0. The average molecular weight is 1700 g/mol. The van der Waals surface area contributed by atoms with Crippen molar-refractivity contribution in [2.75, 3.05) is 52.4 Å². The van der Waals surface area contributed by atoms with Crippen LogP contribution in [0.15, 0.2) is 33.1 Å². The molecule has 50 nitrogen and oxygen atoms in total. The molecule has 4 saturated heterocycles. The second kappa shape index (κ2) is 49.9. The molecule has 50 heteroatoms. The maximum atomic E-state index is 12.9. The Kier molecular flexibility index (Phi) is 40.9. The zero-order valence-electron chi connectivity index (χ0n) is 68.0. The molecular formula is C70H118N32O18. The molecule has 666 valence electrons. The lowest BCUT2D eigenvalue weighted by Gasteiger charge is -2.25. The summed E-state index contributed by atoms with van der Waals surface area (Å²) in [6, 6.07) is -9.07. The number of urea groups is 4. The molecule has 4 aliphatic rings. The van der Waals surface area contributed by atoms with Crippen LogP contribution in [-0.4, -0.2) is 236 Å². The van der Waals surface area contributed by atoms with Crippen molar-refractivity contribution in [2.45, 2.75) is 248 Å². The molecule has 4 aliphatic heterocycles. The number of carboxylic acids is 2. The molecule has 32 N–H and O–H groups in total. The van der Waals surface area contributed by atoms with Gasteiger partial charge in [0.2, 0.25) is 35.4 Å². The van der Waals surface area contributed by atoms with Gasteiger partial charge in [0.05, 0.1) is 54.8 Å². The number of aromatic nitrogens is 8. The van der Waals surface area contributed by atoms with Crippen LogP contribution in [0.3, 0.4) is 0 Å². The Labute approximate surface area is 690 Å². The van der Waals surface area contributed by atoms with Crippen molar-refractivity contribution >= 4 is 88.9 Å². The van der Waals surface area contributed by atoms with Crippen molar-refractivity contribution in [3.63, 3.8) is 0 Å². The molecule has 0 radical (unpaired) electrons. The number of nitrogens with two attached hydrogens (primary N) is 13. The number of carbonyl (C=O) groups excluding carboxylic acids is 10. The van der Waals surface area contributed by atoms with Gasteiger partial charge in [-0.05, 0) is 150 Å². The maximum Gasteiger partial charge on any atom is 0.318 e. The Morgan fingerprint density at radius 2 is 0.675 bits per heavy atom. The number of aliphatic carboxylic acids is 2. The van der Waals surface area contributed by atoms with Crippen LogP contribution in [-0.2, 0) is 38.4 Å². The molecule has 4 aromatic heterocycles. The van der Waals surface area contributed by atoms with Crippen molar-refractivity contribution < 1.29 is 85.8 Å². The van der Waals surface area contributed by atoms with E-state index in [0.717, 1.165) is 32.1 Å². The summed E-state index contributed by atoms with van der Waals surface area (Å²) in [4.78, 5) is 177. The van der Waals surface area contributed by atoms with Crippen LogP contribution in [0.4, 0.5) is 19.2 Å². The lowest BCUT2D eigenvalue weighted by molar-refractivity contribution is -0.138. The summed E-state index contributed by atoms with van der Waals surface area (Å²) in [5.41, 5.74) is 71.5. The number of Topliss-reactive ketones (excluding diaryl/α,β-unsaturated/α-hetero) is 4. The van der Waals surface area contributed by atoms with Gasteiger partial charge >= 0.3 is 36.1 Å². The number of unbranched alkanes of at least 4 members (excludes halogenated alkanes) is 1. The minimum absolute atomic E-state index is 0.00250. The normalized spacial score (nSPS) is 18.0. The van der Waals surface area contributed by atoms with Gasteiger partial charge in [-0.1, -0.05) is 27.0 Å². The molecule has 120 heavy (non-hydrogen) atoms. The topological polar surface area (TPSA) is 837 Å². The summed E-state index contributed by atoms with van der Waals surface area (Å²) in [5, 5.41) is 44.4. The Morgan fingerprint density at radius 3 is 0.942 bits per heavy atom. The monoisotopic (exact) mass is 1690 g/mol. The third-order valence-electron chi connectivity index (χ3n) is 19.4. The second-order valence-corrected chi connectivity index (χ2v) is 29.1. The first-order valence-corrected chi connectivity index (χ1v) is 39.4. The zero-order chi connectivity index (χ0) is 88.9. The molecule has 0 aromatic carbocycles. The predicted octanol–water partition coefficient (Wildman–Crippen LogP) is -1.74. The van der Waals surface area contributed by atoms with E-state index in [1.54, 1.807) is 4.90 Å². The zero-order valence-corrected chi connectivity index (χ0v) is 68.0. The van der Waals surface area contributed by atoms with Gasteiger partial charge in [-0.25, -0.2) is 19.2 Å². The van der Waals surface area contributed by atoms with Crippen molar-refractivity contribution in [2.24, 2.45) is 89.5 Å². The number of hydrogen-bond acceptors (Lipinski definition) is 32. The fourth-order valence-electron chi connectivity index (χ4n) is 13.3. The standard InChI is InChI=1S/C19H35N9O3.C17H29N9O4.C17H28N8O5.C17H26N6O6/c1-12(29)15-8-5-11-28(15)19(30)25-14(7-4-10-24-18(22)23)17-26-16(27-31-17)13(21)6-2-3-9-20;1-9(27)12-5-3-7-26(12)17(29)23-11(4-2-6-22-16(20)21)15-24-14(25-30-15)10(18)8-13(19)28;1-9(26)12-5-3-7-25(12)17(29)22-11(4-2-6-21-16(19)20)15-23-14(24-30-15)10(18)8-13(27)28;1-9(24)12-3-2-8-23(12)17(28)20-11(5-7-14(26)27)16-21-15(22-29-16)10(18)4-6-13(19)25/h13-15H,2-11,20-21H2,1H3,(H,25,30)(H4,22,23,24);10-12H,2-8,18H2,1H3,(H2,19,28)(H,23,29)(H4,20,21,22);10-12H,2-8,18H2,1H3,(H,22,29)(H,27,28)(H4,19,20,21);10-12H,2-8,18H2,1H3,(H2,19,25)(H,20,28)(H,26,27)/t13-,14-,15?;3*10-,11-,12?/m0000/s1. The summed E-state index contributed by atoms with van der Waals surface area (Å²) in [6.45, 7) is 9.42. The highest BCUT2D eigenvalue weighted by Gasteiger charge is 2.39. The number of nitrogens with zero attached hydrogens (tertiary/aromatic N) is 15. The summed E-state index contributed by atoms with van der Waals surface area (Å²) >= 11 is 0. The second-order valence-electron chi connectivity index (χ2n) is 29.1. The fourth-order valence-corrected chi connectivity index (χ4v) is 13.3. The van der Waals surface area contributed by atoms with Gasteiger partial charge in [-0.15, -0.1) is 0 Å². The van der Waals surface area contributed by atoms with E-state index in [2.05, 4.69) is 76.8 Å². The third-order valence-corrected chi connectivity index (χ3v) is 19.4. The third kappa shape index (κ3) is 33.0. The Hall–Kier alpha value is -12.2. The number of amides is 10. The maximum absolute atomic E-state index is 12.9. The van der Waals surface area contributed by atoms with Crippen molar-refractivity contribution in [1.82, 2.24) is 81.4 Å². The number of nitrogens with one attached hydrogen (secondary N) is 4. The summed E-state index contributed by atoms with van der Waals surface area (Å²) in [6.07, 6.45) is 10.3. The molecule has 8 rings (SSSR count). The number of primary amides is 2. The molecule has 8 heterocycles. The number of likely N-dealkylation sites (tertiary alicyclic amines) is 4. The number of carbonyl (C=O) groups is 12. The van der Waals surface area contributed by atoms with Gasteiger partial charge in [0.15, 0.2) is 64.3 Å². The van der Waals surface area contributed by atoms with Gasteiger partial charge in [0, 0.05) is 65.1 Å². The smallest absolute Gasteiger partial charge is 0.318 e. The Bertz CT molecular complexity index is 3990. The van der Waals surface area contributed by atoms with E-state index in [1.807, 2.05) is 0 Å². The van der Waals surface area contributed by atoms with Gasteiger partial charge in [0.25, 0.3) is 0 Å². The summed E-state index contributed by atoms with van der Waals surface area (Å²) < 4.78 is 21.1. The minimum atomic E-state index is -1.10. The highest BCUT2D eigenvalue weighted by Crippen LogP contribution is 2.29. The van der Waals surface area contributed by atoms with Crippen molar-refractivity contribution in [3.8, 4) is 0 Å². The van der Waals surface area contributed by atoms with Crippen LogP contribution >= 0.6 is 0 Å². The molecule has 0 spiro atoms. The van der Waals surface area contributed by atoms with E-state index in [-0.39, 0.29) is 133 Å².